The Morgan fingerprint density at radius 2 is 2.08 bits per heavy atom. The zero-order valence-electron chi connectivity index (χ0n) is 14.8. The van der Waals surface area contributed by atoms with E-state index in [1.54, 1.807) is 37.3 Å². The number of aliphatic hydroxyl groups excluding tert-OH is 1. The predicted molar refractivity (Wildman–Crippen MR) is 100 cm³/mol. The van der Waals surface area contributed by atoms with Crippen molar-refractivity contribution in [3.63, 3.8) is 0 Å². The second-order valence-corrected chi connectivity index (χ2v) is 5.38. The number of hydrogen-bond donors (Lipinski definition) is 1. The van der Waals surface area contributed by atoms with E-state index in [4.69, 9.17) is 21.1 Å². The van der Waals surface area contributed by atoms with E-state index in [1.165, 1.54) is 6.08 Å². The van der Waals surface area contributed by atoms with Crippen molar-refractivity contribution in [3.8, 4) is 11.5 Å². The Hall–Kier alpha value is -2.40. The number of ether oxygens (including phenoxy) is 2. The van der Waals surface area contributed by atoms with E-state index in [2.05, 4.69) is 6.58 Å². The van der Waals surface area contributed by atoms with Gasteiger partial charge in [-0.25, -0.2) is 0 Å². The second-order valence-electron chi connectivity index (χ2n) is 5.11. The average molecular weight is 366 g/mol. The van der Waals surface area contributed by atoms with Crippen molar-refractivity contribution in [1.29, 1.82) is 0 Å². The van der Waals surface area contributed by atoms with Gasteiger partial charge in [-0.2, -0.15) is 0 Å². The molecule has 0 heterocycles. The number of carbonyl (C=O) groups is 1. The van der Waals surface area contributed by atoms with Crippen molar-refractivity contribution in [3.05, 3.63) is 60.0 Å². The largest absolute Gasteiger partial charge is 0.508 e. The Kier molecular flexibility index (Phi) is 8.64. The summed E-state index contributed by atoms with van der Waals surface area (Å²) in [5.74, 6) is 0.957. The number of methoxy groups -OCH3 is 2. The highest BCUT2D eigenvalue weighted by Gasteiger charge is 2.19. The Bertz CT molecular complexity index is 667. The summed E-state index contributed by atoms with van der Waals surface area (Å²) in [5, 5.41) is 9.56. The molecule has 0 bridgehead atoms. The van der Waals surface area contributed by atoms with Crippen molar-refractivity contribution >= 4 is 17.5 Å². The van der Waals surface area contributed by atoms with E-state index in [-0.39, 0.29) is 17.5 Å². The molecule has 0 aliphatic heterocycles. The molecule has 0 aliphatic carbocycles. The Morgan fingerprint density at radius 1 is 1.36 bits per heavy atom. The number of benzene rings is 1. The number of allylic oxidation sites excluding steroid dienone is 3. The number of amides is 1. The summed E-state index contributed by atoms with van der Waals surface area (Å²) in [6.07, 6.45) is 5.11. The molecule has 136 valence electrons. The van der Waals surface area contributed by atoms with E-state index >= 15 is 0 Å². The van der Waals surface area contributed by atoms with Gasteiger partial charge < -0.3 is 19.5 Å². The molecular formula is C19H24ClNO4. The molecule has 0 atom stereocenters. The molecule has 1 aromatic carbocycles. The molecule has 1 N–H and O–H groups in total. The highest BCUT2D eigenvalue weighted by molar-refractivity contribution is 6.27. The van der Waals surface area contributed by atoms with Gasteiger partial charge in [-0.15, -0.1) is 11.6 Å². The third kappa shape index (κ3) is 5.87. The SMILES string of the molecule is C=C/C(O)=C\C/C(=C\C)N(Cc1ccc(OC)cc1OC)C(=O)CCl. The first kappa shape index (κ1) is 20.6. The lowest BCUT2D eigenvalue weighted by atomic mass is 10.1. The van der Waals surface area contributed by atoms with Crippen LogP contribution in [-0.2, 0) is 11.3 Å². The van der Waals surface area contributed by atoms with Gasteiger partial charge in [0.15, 0.2) is 0 Å². The minimum Gasteiger partial charge on any atom is -0.508 e. The normalized spacial score (nSPS) is 11.8. The molecule has 0 aliphatic rings. The third-order valence-electron chi connectivity index (χ3n) is 3.65. The van der Waals surface area contributed by atoms with Crippen LogP contribution < -0.4 is 9.47 Å². The topological polar surface area (TPSA) is 59.0 Å². The van der Waals surface area contributed by atoms with Crippen molar-refractivity contribution in [2.24, 2.45) is 0 Å². The number of carbonyl (C=O) groups excluding carboxylic acids is 1. The lowest BCUT2D eigenvalue weighted by Gasteiger charge is -2.25. The summed E-state index contributed by atoms with van der Waals surface area (Å²) in [6, 6.07) is 5.41. The number of halogens is 1. The standard InChI is InChI=1S/C19H24ClNO4/c1-5-15(8-9-16(22)6-2)21(19(23)12-20)13-14-7-10-17(24-3)11-18(14)25-4/h5-7,9-11,22H,2,8,12-13H2,1,3-4H3/b15-5+,16-9+. The van der Waals surface area contributed by atoms with Crippen molar-refractivity contribution in [2.45, 2.75) is 19.9 Å². The molecule has 1 amide bonds. The molecule has 5 nitrogen and oxygen atoms in total. The van der Waals surface area contributed by atoms with E-state index in [0.29, 0.717) is 24.5 Å². The van der Waals surface area contributed by atoms with Crippen LogP contribution in [0.1, 0.15) is 18.9 Å². The van der Waals surface area contributed by atoms with Crippen LogP contribution in [0.5, 0.6) is 11.5 Å². The van der Waals surface area contributed by atoms with Crippen LogP contribution in [0.4, 0.5) is 0 Å². The van der Waals surface area contributed by atoms with Crippen molar-refractivity contribution < 1.29 is 19.4 Å². The average Bonchev–Trinajstić information content (AvgIpc) is 2.66. The van der Waals surface area contributed by atoms with Crippen LogP contribution in [0, 0.1) is 0 Å². The van der Waals surface area contributed by atoms with Crippen LogP contribution >= 0.6 is 11.6 Å². The van der Waals surface area contributed by atoms with Gasteiger partial charge in [0, 0.05) is 23.7 Å². The monoisotopic (exact) mass is 365 g/mol. The third-order valence-corrected chi connectivity index (χ3v) is 3.88. The quantitative estimate of drug-likeness (QED) is 0.405. The first-order valence-electron chi connectivity index (χ1n) is 7.74. The minimum absolute atomic E-state index is 0.0552. The molecule has 0 saturated heterocycles. The van der Waals surface area contributed by atoms with Gasteiger partial charge in [-0.3, -0.25) is 4.79 Å². The summed E-state index contributed by atoms with van der Waals surface area (Å²) in [4.78, 5) is 13.9. The molecule has 0 spiro atoms. The lowest BCUT2D eigenvalue weighted by molar-refractivity contribution is -0.127. The Morgan fingerprint density at radius 3 is 2.60 bits per heavy atom. The molecular weight excluding hydrogens is 342 g/mol. The summed E-state index contributed by atoms with van der Waals surface area (Å²) in [6.45, 7) is 5.62. The Balaban J connectivity index is 3.15. The van der Waals surface area contributed by atoms with E-state index in [9.17, 15) is 9.90 Å². The van der Waals surface area contributed by atoms with E-state index in [0.717, 1.165) is 11.3 Å². The molecule has 0 aromatic heterocycles. The second kappa shape index (κ2) is 10.5. The molecule has 0 radical (unpaired) electrons. The number of aliphatic hydroxyl groups is 1. The molecule has 0 saturated carbocycles. The number of hydrogen-bond acceptors (Lipinski definition) is 4. The first-order chi connectivity index (χ1) is 12.0. The van der Waals surface area contributed by atoms with Crippen molar-refractivity contribution in [2.75, 3.05) is 20.1 Å². The van der Waals surface area contributed by atoms with Crippen LogP contribution in [0.3, 0.4) is 0 Å². The van der Waals surface area contributed by atoms with Gasteiger partial charge in [0.25, 0.3) is 0 Å². The predicted octanol–water partition coefficient (Wildman–Crippen LogP) is 4.19. The van der Waals surface area contributed by atoms with Crippen LogP contribution in [0.15, 0.2) is 54.5 Å². The van der Waals surface area contributed by atoms with E-state index < -0.39 is 0 Å². The summed E-state index contributed by atoms with van der Waals surface area (Å²) < 4.78 is 10.6. The fourth-order valence-electron chi connectivity index (χ4n) is 2.25. The first-order valence-corrected chi connectivity index (χ1v) is 8.28. The lowest BCUT2D eigenvalue weighted by Crippen LogP contribution is -2.31. The molecule has 0 fully saturated rings. The smallest absolute Gasteiger partial charge is 0.241 e. The maximum Gasteiger partial charge on any atom is 0.241 e. The summed E-state index contributed by atoms with van der Waals surface area (Å²) in [7, 11) is 3.14. The number of nitrogens with zero attached hydrogens (tertiary/aromatic N) is 1. The van der Waals surface area contributed by atoms with Gasteiger partial charge in [-0.05, 0) is 31.2 Å². The maximum absolute atomic E-state index is 12.3. The molecule has 1 aromatic rings. The van der Waals surface area contributed by atoms with Crippen molar-refractivity contribution in [1.82, 2.24) is 4.90 Å². The summed E-state index contributed by atoms with van der Waals surface area (Å²) >= 11 is 5.77. The molecule has 6 heteroatoms. The fraction of sp³-hybridized carbons (Fsp3) is 0.316. The zero-order valence-corrected chi connectivity index (χ0v) is 15.5. The van der Waals surface area contributed by atoms with Gasteiger partial charge in [0.1, 0.15) is 23.1 Å². The van der Waals surface area contributed by atoms with Gasteiger partial charge in [0.05, 0.1) is 20.8 Å². The van der Waals surface area contributed by atoms with Crippen LogP contribution in [0.25, 0.3) is 0 Å². The zero-order chi connectivity index (χ0) is 18.8. The fourth-order valence-corrected chi connectivity index (χ4v) is 2.40. The van der Waals surface area contributed by atoms with Gasteiger partial charge >= 0.3 is 0 Å². The van der Waals surface area contributed by atoms with Gasteiger partial charge in [-0.1, -0.05) is 12.7 Å². The maximum atomic E-state index is 12.3. The summed E-state index contributed by atoms with van der Waals surface area (Å²) in [5.41, 5.74) is 1.54. The molecule has 25 heavy (non-hydrogen) atoms. The number of rotatable bonds is 9. The van der Waals surface area contributed by atoms with Crippen LogP contribution in [-0.4, -0.2) is 36.0 Å². The van der Waals surface area contributed by atoms with Crippen LogP contribution in [0.2, 0.25) is 0 Å². The minimum atomic E-state index is -0.237. The molecule has 1 rings (SSSR count). The highest BCUT2D eigenvalue weighted by atomic mass is 35.5. The highest BCUT2D eigenvalue weighted by Crippen LogP contribution is 2.27. The van der Waals surface area contributed by atoms with E-state index in [1.807, 2.05) is 19.1 Å². The molecule has 0 unspecified atom stereocenters. The van der Waals surface area contributed by atoms with Gasteiger partial charge in [0.2, 0.25) is 5.91 Å². The number of alkyl halides is 1. The Labute approximate surface area is 153 Å².